The van der Waals surface area contributed by atoms with E-state index in [2.05, 4.69) is 15.5 Å². The molecule has 0 atom stereocenters. The Labute approximate surface area is 92.6 Å². The topological polar surface area (TPSA) is 85.8 Å². The number of nitrogens with one attached hydrogen (secondary N) is 1. The molecule has 0 radical (unpaired) electrons. The van der Waals surface area contributed by atoms with Crippen molar-refractivity contribution in [1.82, 2.24) is 20.1 Å². The predicted octanol–water partition coefficient (Wildman–Crippen LogP) is 0.0156. The van der Waals surface area contributed by atoms with Crippen LogP contribution in [0.3, 0.4) is 0 Å². The molecule has 0 aromatic carbocycles. The Morgan fingerprint density at radius 3 is 2.87 bits per heavy atom. The fourth-order valence-corrected chi connectivity index (χ4v) is 1.83. The van der Waals surface area contributed by atoms with Gasteiger partial charge in [-0.3, -0.25) is 9.36 Å². The van der Waals surface area contributed by atoms with Crippen molar-refractivity contribution in [3.05, 3.63) is 0 Å². The first kappa shape index (κ1) is 11.8. The van der Waals surface area contributed by atoms with Crippen LogP contribution >= 0.6 is 11.8 Å². The van der Waals surface area contributed by atoms with E-state index in [0.29, 0.717) is 24.7 Å². The smallest absolute Gasteiger partial charge is 0.222 e. The molecule has 0 spiro atoms. The zero-order chi connectivity index (χ0) is 11.3. The Balaban J connectivity index is 2.32. The van der Waals surface area contributed by atoms with Crippen molar-refractivity contribution >= 4 is 23.6 Å². The summed E-state index contributed by atoms with van der Waals surface area (Å²) in [6, 6.07) is 0. The largest absolute Gasteiger partial charge is 0.368 e. The molecule has 6 nitrogen and oxygen atoms in total. The van der Waals surface area contributed by atoms with E-state index in [4.69, 9.17) is 5.73 Å². The van der Waals surface area contributed by atoms with E-state index in [9.17, 15) is 4.79 Å². The first-order valence-corrected chi connectivity index (χ1v) is 5.68. The third kappa shape index (κ3) is 3.43. The van der Waals surface area contributed by atoms with Crippen molar-refractivity contribution in [1.29, 1.82) is 0 Å². The van der Waals surface area contributed by atoms with Crippen LogP contribution in [0.5, 0.6) is 0 Å². The molecule has 15 heavy (non-hydrogen) atoms. The molecule has 1 heterocycles. The molecular formula is C8H15N5OS. The van der Waals surface area contributed by atoms with E-state index >= 15 is 0 Å². The predicted molar refractivity (Wildman–Crippen MR) is 59.4 cm³/mol. The molecule has 1 rings (SSSR count). The van der Waals surface area contributed by atoms with Crippen LogP contribution in [0.15, 0.2) is 5.16 Å². The lowest BCUT2D eigenvalue weighted by Crippen LogP contribution is -2.22. The maximum atomic E-state index is 11.1. The van der Waals surface area contributed by atoms with Crippen molar-refractivity contribution in [2.75, 3.05) is 18.0 Å². The molecule has 7 heteroatoms. The second-order valence-electron chi connectivity index (χ2n) is 2.95. The lowest BCUT2D eigenvalue weighted by atomic mass is 10.4. The number of hydrogen-bond acceptors (Lipinski definition) is 5. The molecule has 1 aromatic heterocycles. The molecule has 0 aliphatic heterocycles. The van der Waals surface area contributed by atoms with Crippen molar-refractivity contribution < 1.29 is 4.79 Å². The van der Waals surface area contributed by atoms with Gasteiger partial charge in [0.25, 0.3) is 0 Å². The van der Waals surface area contributed by atoms with E-state index in [1.807, 2.05) is 6.92 Å². The number of carbonyl (C=O) groups excluding carboxylic acids is 1. The SMILES string of the molecule is CCNC(=O)CCSc1nnc(N)n1C. The van der Waals surface area contributed by atoms with E-state index in [1.54, 1.807) is 11.6 Å². The Kier molecular flexibility index (Phi) is 4.41. The molecule has 0 saturated heterocycles. The maximum Gasteiger partial charge on any atom is 0.222 e. The first-order chi connectivity index (χ1) is 7.15. The number of nitrogens with two attached hydrogens (primary N) is 1. The average Bonchev–Trinajstić information content (AvgIpc) is 2.50. The second kappa shape index (κ2) is 5.59. The minimum atomic E-state index is 0.0557. The summed E-state index contributed by atoms with van der Waals surface area (Å²) in [4.78, 5) is 11.1. The molecule has 0 aliphatic carbocycles. The summed E-state index contributed by atoms with van der Waals surface area (Å²) in [6.07, 6.45) is 0.477. The minimum Gasteiger partial charge on any atom is -0.368 e. The third-order valence-electron chi connectivity index (χ3n) is 1.80. The fraction of sp³-hybridized carbons (Fsp3) is 0.625. The Morgan fingerprint density at radius 1 is 1.60 bits per heavy atom. The minimum absolute atomic E-state index is 0.0557. The monoisotopic (exact) mass is 229 g/mol. The number of thioether (sulfide) groups is 1. The summed E-state index contributed by atoms with van der Waals surface area (Å²) in [5.41, 5.74) is 5.52. The lowest BCUT2D eigenvalue weighted by Gasteiger charge is -2.01. The maximum absolute atomic E-state index is 11.1. The quantitative estimate of drug-likeness (QED) is 0.695. The Morgan fingerprint density at radius 2 is 2.33 bits per heavy atom. The van der Waals surface area contributed by atoms with E-state index in [-0.39, 0.29) is 5.91 Å². The van der Waals surface area contributed by atoms with Gasteiger partial charge in [-0.05, 0) is 6.92 Å². The van der Waals surface area contributed by atoms with Crippen LogP contribution in [-0.2, 0) is 11.8 Å². The summed E-state index contributed by atoms with van der Waals surface area (Å²) in [5, 5.41) is 11.1. The molecule has 3 N–H and O–H groups in total. The molecule has 1 aromatic rings. The van der Waals surface area contributed by atoms with Crippen LogP contribution in [-0.4, -0.2) is 33.0 Å². The number of anilines is 1. The highest BCUT2D eigenvalue weighted by Crippen LogP contribution is 2.16. The molecule has 1 amide bonds. The zero-order valence-electron chi connectivity index (χ0n) is 8.86. The average molecular weight is 229 g/mol. The van der Waals surface area contributed by atoms with Crippen molar-refractivity contribution in [2.24, 2.45) is 7.05 Å². The van der Waals surface area contributed by atoms with Gasteiger partial charge in [0.05, 0.1) is 0 Å². The van der Waals surface area contributed by atoms with Gasteiger partial charge >= 0.3 is 0 Å². The van der Waals surface area contributed by atoms with Crippen LogP contribution in [0.1, 0.15) is 13.3 Å². The van der Waals surface area contributed by atoms with Gasteiger partial charge in [-0.1, -0.05) is 11.8 Å². The zero-order valence-corrected chi connectivity index (χ0v) is 9.67. The van der Waals surface area contributed by atoms with Crippen molar-refractivity contribution in [3.8, 4) is 0 Å². The van der Waals surface area contributed by atoms with E-state index < -0.39 is 0 Å². The highest BCUT2D eigenvalue weighted by molar-refractivity contribution is 7.99. The number of amides is 1. The Bertz CT molecular complexity index is 338. The van der Waals surface area contributed by atoms with Crippen LogP contribution < -0.4 is 11.1 Å². The number of carbonyl (C=O) groups is 1. The third-order valence-corrected chi connectivity index (χ3v) is 2.82. The van der Waals surface area contributed by atoms with Gasteiger partial charge in [-0.25, -0.2) is 0 Å². The van der Waals surface area contributed by atoms with Gasteiger partial charge in [0.15, 0.2) is 5.16 Å². The van der Waals surface area contributed by atoms with Gasteiger partial charge in [0, 0.05) is 25.8 Å². The van der Waals surface area contributed by atoms with E-state index in [0.717, 1.165) is 5.16 Å². The van der Waals surface area contributed by atoms with Gasteiger partial charge < -0.3 is 11.1 Å². The van der Waals surface area contributed by atoms with Crippen LogP contribution in [0, 0.1) is 0 Å². The Hall–Kier alpha value is -1.24. The van der Waals surface area contributed by atoms with Gasteiger partial charge in [0.1, 0.15) is 0 Å². The fourth-order valence-electron chi connectivity index (χ4n) is 0.972. The van der Waals surface area contributed by atoms with Crippen molar-refractivity contribution in [3.63, 3.8) is 0 Å². The summed E-state index contributed by atoms with van der Waals surface area (Å²) >= 11 is 1.47. The summed E-state index contributed by atoms with van der Waals surface area (Å²) < 4.78 is 1.70. The molecule has 0 fully saturated rings. The molecule has 0 aliphatic rings. The van der Waals surface area contributed by atoms with Crippen molar-refractivity contribution in [2.45, 2.75) is 18.5 Å². The molecule has 84 valence electrons. The number of hydrogen-bond donors (Lipinski definition) is 2. The standard InChI is InChI=1S/C8H15N5OS/c1-3-10-6(14)4-5-15-8-12-11-7(9)13(8)2/h3-5H2,1-2H3,(H2,9,11)(H,10,14). The molecule has 0 saturated carbocycles. The first-order valence-electron chi connectivity index (χ1n) is 4.69. The van der Waals surface area contributed by atoms with Gasteiger partial charge in [0.2, 0.25) is 11.9 Å². The van der Waals surface area contributed by atoms with Crippen LogP contribution in [0.2, 0.25) is 0 Å². The van der Waals surface area contributed by atoms with E-state index in [1.165, 1.54) is 11.8 Å². The summed E-state index contributed by atoms with van der Waals surface area (Å²) in [5.74, 6) is 1.12. The van der Waals surface area contributed by atoms with Crippen LogP contribution in [0.25, 0.3) is 0 Å². The highest BCUT2D eigenvalue weighted by Gasteiger charge is 2.07. The van der Waals surface area contributed by atoms with Gasteiger partial charge in [-0.15, -0.1) is 10.2 Å². The molecule has 0 bridgehead atoms. The van der Waals surface area contributed by atoms with Crippen LogP contribution in [0.4, 0.5) is 5.95 Å². The van der Waals surface area contributed by atoms with Gasteiger partial charge in [-0.2, -0.15) is 0 Å². The second-order valence-corrected chi connectivity index (χ2v) is 4.01. The number of aromatic nitrogens is 3. The summed E-state index contributed by atoms with van der Waals surface area (Å²) in [6.45, 7) is 2.56. The molecule has 0 unspecified atom stereocenters. The number of nitrogens with zero attached hydrogens (tertiary/aromatic N) is 3. The normalized spacial score (nSPS) is 10.3. The number of rotatable bonds is 5. The molecular weight excluding hydrogens is 214 g/mol. The summed E-state index contributed by atoms with van der Waals surface area (Å²) in [7, 11) is 1.80. The number of nitrogen functional groups attached to an aromatic ring is 1. The lowest BCUT2D eigenvalue weighted by molar-refractivity contribution is -0.120. The highest BCUT2D eigenvalue weighted by atomic mass is 32.2.